The summed E-state index contributed by atoms with van der Waals surface area (Å²) in [6.07, 6.45) is 1.07. The van der Waals surface area contributed by atoms with E-state index in [1.54, 1.807) is 0 Å². The van der Waals surface area contributed by atoms with Gasteiger partial charge in [-0.1, -0.05) is 0 Å². The number of hydrogen-bond donors (Lipinski definition) is 1. The molecule has 2 bridgehead atoms. The Labute approximate surface area is 60.7 Å². The van der Waals surface area contributed by atoms with Crippen LogP contribution in [0.25, 0.3) is 0 Å². The molecule has 58 valence electrons. The zero-order valence-electron chi connectivity index (χ0n) is 5.71. The van der Waals surface area contributed by atoms with Crippen molar-refractivity contribution in [3.8, 4) is 0 Å². The fourth-order valence-electron chi connectivity index (χ4n) is 1.89. The van der Waals surface area contributed by atoms with Crippen LogP contribution in [0.15, 0.2) is 0 Å². The van der Waals surface area contributed by atoms with E-state index in [1.807, 2.05) is 0 Å². The Hall–Kier alpha value is -0.0900. The van der Waals surface area contributed by atoms with Gasteiger partial charge in [-0.15, -0.1) is 0 Å². The van der Waals surface area contributed by atoms with Gasteiger partial charge in [-0.2, -0.15) is 0 Å². The Kier molecular flexibility index (Phi) is 1.29. The Morgan fingerprint density at radius 3 is 2.80 bits per heavy atom. The second-order valence-corrected chi connectivity index (χ2v) is 5.44. The second-order valence-electron chi connectivity index (χ2n) is 3.28. The third-order valence-corrected chi connectivity index (χ3v) is 4.15. The molecule has 0 amide bonds. The molecule has 2 fully saturated rings. The van der Waals surface area contributed by atoms with Crippen LogP contribution in [-0.4, -0.2) is 32.5 Å². The highest BCUT2D eigenvalue weighted by molar-refractivity contribution is 7.91. The normalized spacial score (nSPS) is 43.6. The molecule has 1 N–H and O–H groups in total. The van der Waals surface area contributed by atoms with E-state index in [9.17, 15) is 8.42 Å². The van der Waals surface area contributed by atoms with Crippen molar-refractivity contribution < 1.29 is 8.42 Å². The van der Waals surface area contributed by atoms with Crippen molar-refractivity contribution in [2.45, 2.75) is 12.5 Å². The monoisotopic (exact) mass is 161 g/mol. The van der Waals surface area contributed by atoms with Crippen molar-refractivity contribution in [2.24, 2.45) is 5.92 Å². The zero-order valence-corrected chi connectivity index (χ0v) is 6.52. The number of fused-ring (bicyclic) bond motifs is 2. The molecule has 2 saturated heterocycles. The molecule has 0 radical (unpaired) electrons. The molecule has 0 unspecified atom stereocenters. The van der Waals surface area contributed by atoms with E-state index in [4.69, 9.17) is 0 Å². The fraction of sp³-hybridized carbons (Fsp3) is 1.00. The van der Waals surface area contributed by atoms with Crippen LogP contribution >= 0.6 is 0 Å². The first-order valence-corrected chi connectivity index (χ1v) is 5.42. The lowest BCUT2D eigenvalue weighted by Gasteiger charge is -2.16. The van der Waals surface area contributed by atoms with Gasteiger partial charge < -0.3 is 5.32 Å². The van der Waals surface area contributed by atoms with Crippen LogP contribution in [0.2, 0.25) is 0 Å². The van der Waals surface area contributed by atoms with Crippen molar-refractivity contribution in [1.82, 2.24) is 5.32 Å². The summed E-state index contributed by atoms with van der Waals surface area (Å²) in [5.41, 5.74) is 0. The van der Waals surface area contributed by atoms with E-state index in [-0.39, 0.29) is 6.04 Å². The topological polar surface area (TPSA) is 46.2 Å². The van der Waals surface area contributed by atoms with Gasteiger partial charge in [0.1, 0.15) is 0 Å². The van der Waals surface area contributed by atoms with E-state index in [1.165, 1.54) is 0 Å². The molecular weight excluding hydrogens is 150 g/mol. The van der Waals surface area contributed by atoms with Crippen LogP contribution in [0.3, 0.4) is 0 Å². The SMILES string of the molecule is O=S1(=O)C[C@H]2CN[C@H](C2)C1. The third-order valence-electron chi connectivity index (χ3n) is 2.26. The van der Waals surface area contributed by atoms with E-state index >= 15 is 0 Å². The minimum atomic E-state index is -2.68. The van der Waals surface area contributed by atoms with E-state index < -0.39 is 9.84 Å². The van der Waals surface area contributed by atoms with E-state index in [0.717, 1.165) is 13.0 Å². The maximum atomic E-state index is 11.1. The Bertz CT molecular complexity index is 216. The van der Waals surface area contributed by atoms with Crippen LogP contribution < -0.4 is 5.32 Å². The predicted molar refractivity (Wildman–Crippen MR) is 38.6 cm³/mol. The fourth-order valence-corrected chi connectivity index (χ4v) is 3.87. The first-order valence-electron chi connectivity index (χ1n) is 3.59. The van der Waals surface area contributed by atoms with Gasteiger partial charge in [0.2, 0.25) is 0 Å². The van der Waals surface area contributed by atoms with Crippen molar-refractivity contribution in [1.29, 1.82) is 0 Å². The van der Waals surface area contributed by atoms with Crippen LogP contribution in [-0.2, 0) is 9.84 Å². The molecule has 3 nitrogen and oxygen atoms in total. The van der Waals surface area contributed by atoms with Gasteiger partial charge in [0.25, 0.3) is 0 Å². The Balaban J connectivity index is 2.25. The summed E-state index contributed by atoms with van der Waals surface area (Å²) in [5.74, 6) is 1.18. The maximum absolute atomic E-state index is 11.1. The number of nitrogens with one attached hydrogen (secondary N) is 1. The molecule has 4 heteroatoms. The average molecular weight is 161 g/mol. The largest absolute Gasteiger partial charge is 0.313 e. The van der Waals surface area contributed by atoms with Crippen LogP contribution in [0.1, 0.15) is 6.42 Å². The molecule has 2 atom stereocenters. The summed E-state index contributed by atoms with van der Waals surface area (Å²) >= 11 is 0. The van der Waals surface area contributed by atoms with Gasteiger partial charge in [0.05, 0.1) is 11.5 Å². The molecule has 0 aromatic heterocycles. The number of rotatable bonds is 0. The molecular formula is C6H11NO2S. The second kappa shape index (κ2) is 1.95. The average Bonchev–Trinajstić information content (AvgIpc) is 2.08. The molecule has 2 rings (SSSR count). The summed E-state index contributed by atoms with van der Waals surface area (Å²) < 4.78 is 22.1. The van der Waals surface area contributed by atoms with Crippen molar-refractivity contribution in [2.75, 3.05) is 18.1 Å². The van der Waals surface area contributed by atoms with Crippen molar-refractivity contribution >= 4 is 9.84 Å². The van der Waals surface area contributed by atoms with Gasteiger partial charge >= 0.3 is 0 Å². The summed E-state index contributed by atoms with van der Waals surface area (Å²) in [5, 5.41) is 3.19. The number of hydrogen-bond acceptors (Lipinski definition) is 3. The summed E-state index contributed by atoms with van der Waals surface area (Å²) in [4.78, 5) is 0. The number of sulfone groups is 1. The molecule has 2 aliphatic heterocycles. The smallest absolute Gasteiger partial charge is 0.152 e. The molecule has 0 aromatic carbocycles. The molecule has 2 heterocycles. The first-order chi connectivity index (χ1) is 4.66. The highest BCUT2D eigenvalue weighted by Gasteiger charge is 2.36. The third kappa shape index (κ3) is 1.06. The van der Waals surface area contributed by atoms with Crippen LogP contribution in [0.5, 0.6) is 0 Å². The summed E-state index contributed by atoms with van der Waals surface area (Å²) in [6.45, 7) is 0.907. The molecule has 0 saturated carbocycles. The lowest BCUT2D eigenvalue weighted by Crippen LogP contribution is -2.32. The summed E-state index contributed by atoms with van der Waals surface area (Å²) in [6, 6.07) is 0.267. The van der Waals surface area contributed by atoms with Crippen molar-refractivity contribution in [3.05, 3.63) is 0 Å². The van der Waals surface area contributed by atoms with Gasteiger partial charge in [0.15, 0.2) is 9.84 Å². The Morgan fingerprint density at radius 1 is 1.30 bits per heavy atom. The highest BCUT2D eigenvalue weighted by atomic mass is 32.2. The van der Waals surface area contributed by atoms with E-state index in [2.05, 4.69) is 5.32 Å². The lowest BCUT2D eigenvalue weighted by atomic mass is 10.1. The summed E-state index contributed by atoms with van der Waals surface area (Å²) in [7, 11) is -2.68. The zero-order chi connectivity index (χ0) is 7.19. The molecule has 0 aliphatic carbocycles. The van der Waals surface area contributed by atoms with Gasteiger partial charge in [0, 0.05) is 6.04 Å². The minimum Gasteiger partial charge on any atom is -0.313 e. The van der Waals surface area contributed by atoms with Crippen LogP contribution in [0, 0.1) is 5.92 Å². The maximum Gasteiger partial charge on any atom is 0.152 e. The van der Waals surface area contributed by atoms with E-state index in [0.29, 0.717) is 17.4 Å². The molecule has 2 aliphatic rings. The quantitative estimate of drug-likeness (QED) is 0.515. The predicted octanol–water partition coefficient (Wildman–Crippen LogP) is -0.607. The highest BCUT2D eigenvalue weighted by Crippen LogP contribution is 2.23. The van der Waals surface area contributed by atoms with Gasteiger partial charge in [-0.3, -0.25) is 0 Å². The van der Waals surface area contributed by atoms with Gasteiger partial charge in [-0.05, 0) is 18.9 Å². The van der Waals surface area contributed by atoms with Crippen LogP contribution in [0.4, 0.5) is 0 Å². The minimum absolute atomic E-state index is 0.267. The Morgan fingerprint density at radius 2 is 2.10 bits per heavy atom. The van der Waals surface area contributed by atoms with Gasteiger partial charge in [-0.25, -0.2) is 8.42 Å². The lowest BCUT2D eigenvalue weighted by molar-refractivity contribution is 0.537. The van der Waals surface area contributed by atoms with Crippen molar-refractivity contribution in [3.63, 3.8) is 0 Å². The standard InChI is InChI=1S/C6H11NO2S/c8-10(9)3-5-1-6(4-10)7-2-5/h5-7H,1-4H2/t5-,6-/m1/s1. The molecule has 0 spiro atoms. The first kappa shape index (κ1) is 6.61. The molecule has 10 heavy (non-hydrogen) atoms. The molecule has 0 aromatic rings.